The number of ether oxygens (including phenoxy) is 1. The Morgan fingerprint density at radius 2 is 2.30 bits per heavy atom. The fraction of sp³-hybridized carbons (Fsp3) is 0.375. The van der Waals surface area contributed by atoms with Gasteiger partial charge in [0, 0.05) is 37.0 Å². The Morgan fingerprint density at radius 3 is 3.09 bits per heavy atom. The van der Waals surface area contributed by atoms with Crippen LogP contribution in [0.3, 0.4) is 0 Å². The minimum atomic E-state index is -0.175. The van der Waals surface area contributed by atoms with E-state index in [1.807, 2.05) is 0 Å². The highest BCUT2D eigenvalue weighted by Crippen LogP contribution is 2.14. The van der Waals surface area contributed by atoms with E-state index >= 15 is 0 Å². The first kappa shape index (κ1) is 15.4. The van der Waals surface area contributed by atoms with Crippen molar-refractivity contribution in [3.63, 3.8) is 0 Å². The molecule has 7 heteroatoms. The van der Waals surface area contributed by atoms with E-state index in [4.69, 9.17) is 4.74 Å². The summed E-state index contributed by atoms with van der Waals surface area (Å²) in [5, 5.41) is 0. The molecule has 1 fully saturated rings. The van der Waals surface area contributed by atoms with Crippen molar-refractivity contribution in [1.82, 2.24) is 19.9 Å². The van der Waals surface area contributed by atoms with Crippen LogP contribution in [0.25, 0.3) is 0 Å². The molecule has 1 amide bonds. The predicted octanol–water partition coefficient (Wildman–Crippen LogP) is 0.496. The van der Waals surface area contributed by atoms with Crippen LogP contribution in [0.4, 0.5) is 0 Å². The fourth-order valence-electron chi connectivity index (χ4n) is 2.66. The third kappa shape index (κ3) is 4.01. The zero-order chi connectivity index (χ0) is 16.1. The molecular formula is C16H18N4O3. The van der Waals surface area contributed by atoms with Gasteiger partial charge in [-0.3, -0.25) is 14.6 Å². The van der Waals surface area contributed by atoms with Crippen LogP contribution in [0.15, 0.2) is 41.6 Å². The van der Waals surface area contributed by atoms with Crippen LogP contribution in [0.1, 0.15) is 16.2 Å². The molecule has 120 valence electrons. The summed E-state index contributed by atoms with van der Waals surface area (Å²) in [5.74, 6) is -0.000527. The second-order valence-electron chi connectivity index (χ2n) is 5.51. The number of pyridine rings is 1. The van der Waals surface area contributed by atoms with Gasteiger partial charge in [-0.05, 0) is 18.6 Å². The average Bonchev–Trinajstić information content (AvgIpc) is 2.80. The predicted molar refractivity (Wildman–Crippen MR) is 83.0 cm³/mol. The first-order valence-electron chi connectivity index (χ1n) is 7.54. The number of rotatable bonds is 3. The van der Waals surface area contributed by atoms with Gasteiger partial charge >= 0.3 is 0 Å². The molecule has 23 heavy (non-hydrogen) atoms. The first-order valence-corrected chi connectivity index (χ1v) is 7.54. The SMILES string of the molecule is O=C(c1ccccn1)N1CCOC[C@H](Cc2cc(=O)[nH]cn2)C1. The zero-order valence-corrected chi connectivity index (χ0v) is 12.6. The molecule has 1 atom stereocenters. The number of hydrogen-bond acceptors (Lipinski definition) is 5. The van der Waals surface area contributed by atoms with Crippen molar-refractivity contribution in [3.05, 3.63) is 58.5 Å². The summed E-state index contributed by atoms with van der Waals surface area (Å²) in [7, 11) is 0. The lowest BCUT2D eigenvalue weighted by atomic mass is 10.0. The van der Waals surface area contributed by atoms with Gasteiger partial charge in [0.25, 0.3) is 11.5 Å². The quantitative estimate of drug-likeness (QED) is 0.891. The van der Waals surface area contributed by atoms with Gasteiger partial charge in [0.1, 0.15) is 5.69 Å². The van der Waals surface area contributed by atoms with Crippen molar-refractivity contribution < 1.29 is 9.53 Å². The summed E-state index contributed by atoms with van der Waals surface area (Å²) in [6.07, 6.45) is 3.60. The largest absolute Gasteiger partial charge is 0.379 e. The molecule has 0 aromatic carbocycles. The molecule has 0 saturated carbocycles. The number of carbonyl (C=O) groups is 1. The van der Waals surface area contributed by atoms with E-state index < -0.39 is 0 Å². The van der Waals surface area contributed by atoms with Gasteiger partial charge in [-0.25, -0.2) is 4.98 Å². The van der Waals surface area contributed by atoms with Gasteiger partial charge in [0.15, 0.2) is 0 Å². The van der Waals surface area contributed by atoms with Crippen molar-refractivity contribution in [1.29, 1.82) is 0 Å². The number of hydrogen-bond donors (Lipinski definition) is 1. The van der Waals surface area contributed by atoms with Gasteiger partial charge < -0.3 is 14.6 Å². The fourth-order valence-corrected chi connectivity index (χ4v) is 2.66. The molecule has 1 saturated heterocycles. The van der Waals surface area contributed by atoms with Crippen molar-refractivity contribution in [2.45, 2.75) is 6.42 Å². The third-order valence-electron chi connectivity index (χ3n) is 3.74. The minimum Gasteiger partial charge on any atom is -0.379 e. The number of H-pyrrole nitrogens is 1. The molecule has 0 radical (unpaired) electrons. The summed E-state index contributed by atoms with van der Waals surface area (Å²) >= 11 is 0. The summed E-state index contributed by atoms with van der Waals surface area (Å²) in [6, 6.07) is 6.77. The van der Waals surface area contributed by atoms with E-state index in [0.29, 0.717) is 44.1 Å². The molecule has 0 spiro atoms. The second-order valence-corrected chi connectivity index (χ2v) is 5.51. The Bertz CT molecular complexity index is 717. The molecule has 1 N–H and O–H groups in total. The molecule has 7 nitrogen and oxygen atoms in total. The zero-order valence-electron chi connectivity index (χ0n) is 12.6. The number of aromatic amines is 1. The van der Waals surface area contributed by atoms with Crippen LogP contribution in [0.5, 0.6) is 0 Å². The monoisotopic (exact) mass is 314 g/mol. The van der Waals surface area contributed by atoms with E-state index in [1.165, 1.54) is 12.4 Å². The Balaban J connectivity index is 1.71. The number of nitrogens with zero attached hydrogens (tertiary/aromatic N) is 3. The Labute approximate surface area is 133 Å². The number of carbonyl (C=O) groups excluding carboxylic acids is 1. The topological polar surface area (TPSA) is 88.2 Å². The normalized spacial score (nSPS) is 18.4. The van der Waals surface area contributed by atoms with E-state index in [1.54, 1.807) is 29.3 Å². The maximum atomic E-state index is 12.5. The average molecular weight is 314 g/mol. The van der Waals surface area contributed by atoms with Crippen LogP contribution in [-0.4, -0.2) is 52.1 Å². The van der Waals surface area contributed by atoms with Gasteiger partial charge in [-0.1, -0.05) is 6.07 Å². The number of nitrogens with one attached hydrogen (secondary N) is 1. The molecule has 0 bridgehead atoms. The van der Waals surface area contributed by atoms with Crippen molar-refractivity contribution in [2.75, 3.05) is 26.3 Å². The molecule has 0 unspecified atom stereocenters. The van der Waals surface area contributed by atoms with Gasteiger partial charge in [-0.2, -0.15) is 0 Å². The molecule has 2 aromatic heterocycles. The molecule has 2 aromatic rings. The maximum absolute atomic E-state index is 12.5. The summed E-state index contributed by atoms with van der Waals surface area (Å²) < 4.78 is 5.60. The minimum absolute atomic E-state index is 0.0967. The molecule has 0 aliphatic carbocycles. The van der Waals surface area contributed by atoms with Crippen LogP contribution < -0.4 is 5.56 Å². The highest BCUT2D eigenvalue weighted by atomic mass is 16.5. The number of aromatic nitrogens is 3. The second kappa shape index (κ2) is 7.15. The van der Waals surface area contributed by atoms with Crippen molar-refractivity contribution in [3.8, 4) is 0 Å². The lowest BCUT2D eigenvalue weighted by Gasteiger charge is -2.23. The van der Waals surface area contributed by atoms with Gasteiger partial charge in [0.05, 0.1) is 19.5 Å². The van der Waals surface area contributed by atoms with Crippen molar-refractivity contribution >= 4 is 5.91 Å². The van der Waals surface area contributed by atoms with E-state index in [9.17, 15) is 9.59 Å². The maximum Gasteiger partial charge on any atom is 0.272 e. The van der Waals surface area contributed by atoms with E-state index in [0.717, 1.165) is 0 Å². The van der Waals surface area contributed by atoms with Gasteiger partial charge in [0.2, 0.25) is 0 Å². The Kier molecular flexibility index (Phi) is 4.77. The smallest absolute Gasteiger partial charge is 0.272 e. The standard InChI is InChI=1S/C16H18N4O3/c21-15-8-13(18-11-19-15)7-12-9-20(5-6-23-10-12)16(22)14-3-1-2-4-17-14/h1-4,8,11-12H,5-7,9-10H2,(H,18,19,21)/t12-/m1/s1. The molecule has 3 heterocycles. The first-order chi connectivity index (χ1) is 11.2. The lowest BCUT2D eigenvalue weighted by Crippen LogP contribution is -2.37. The summed E-state index contributed by atoms with van der Waals surface area (Å²) in [6.45, 7) is 2.14. The third-order valence-corrected chi connectivity index (χ3v) is 3.74. The molecule has 1 aliphatic rings. The lowest BCUT2D eigenvalue weighted by molar-refractivity contribution is 0.0731. The Morgan fingerprint density at radius 1 is 1.39 bits per heavy atom. The van der Waals surface area contributed by atoms with Crippen LogP contribution in [0, 0.1) is 5.92 Å². The molecule has 3 rings (SSSR count). The van der Waals surface area contributed by atoms with Crippen LogP contribution in [0.2, 0.25) is 0 Å². The number of amides is 1. The highest BCUT2D eigenvalue weighted by molar-refractivity contribution is 5.92. The summed E-state index contributed by atoms with van der Waals surface area (Å²) in [4.78, 5) is 36.4. The Hall–Kier alpha value is -2.54. The van der Waals surface area contributed by atoms with E-state index in [2.05, 4.69) is 15.0 Å². The van der Waals surface area contributed by atoms with Crippen LogP contribution in [-0.2, 0) is 11.2 Å². The summed E-state index contributed by atoms with van der Waals surface area (Å²) in [5.41, 5.74) is 0.961. The van der Waals surface area contributed by atoms with E-state index in [-0.39, 0.29) is 17.4 Å². The molecular weight excluding hydrogens is 296 g/mol. The van der Waals surface area contributed by atoms with Gasteiger partial charge in [-0.15, -0.1) is 0 Å². The van der Waals surface area contributed by atoms with Crippen LogP contribution >= 0.6 is 0 Å². The van der Waals surface area contributed by atoms with Crippen molar-refractivity contribution in [2.24, 2.45) is 5.92 Å². The highest BCUT2D eigenvalue weighted by Gasteiger charge is 2.24. The molecule has 1 aliphatic heterocycles.